The van der Waals surface area contributed by atoms with E-state index in [1.165, 1.54) is 12.1 Å². The molecule has 0 saturated carbocycles. The highest BCUT2D eigenvalue weighted by Gasteiger charge is 2.29. The maximum atomic E-state index is 12.9. The number of nitrogens with zero attached hydrogens (tertiary/aromatic N) is 2. The van der Waals surface area contributed by atoms with Gasteiger partial charge in [-0.15, -0.1) is 0 Å². The predicted molar refractivity (Wildman–Crippen MR) is 112 cm³/mol. The molecule has 1 aliphatic rings. The number of amides is 1. The molecule has 0 atom stereocenters. The average molecular weight is 450 g/mol. The van der Waals surface area contributed by atoms with Crippen LogP contribution in [0.15, 0.2) is 51.5 Å². The quantitative estimate of drug-likeness (QED) is 0.581. The molecule has 1 heterocycles. The van der Waals surface area contributed by atoms with Gasteiger partial charge in [0.2, 0.25) is 0 Å². The highest BCUT2D eigenvalue weighted by Crippen LogP contribution is 2.37. The summed E-state index contributed by atoms with van der Waals surface area (Å²) in [7, 11) is 1.54. The molecule has 0 spiro atoms. The van der Waals surface area contributed by atoms with Gasteiger partial charge in [-0.3, -0.25) is 4.79 Å². The zero-order chi connectivity index (χ0) is 19.6. The molecule has 0 radical (unpaired) electrons. The van der Waals surface area contributed by atoms with Crippen molar-refractivity contribution in [1.29, 1.82) is 0 Å². The van der Waals surface area contributed by atoms with E-state index in [-0.39, 0.29) is 5.91 Å². The van der Waals surface area contributed by atoms with Crippen LogP contribution < -0.4 is 14.5 Å². The smallest absolute Gasteiger partial charge is 0.280 e. The van der Waals surface area contributed by atoms with E-state index in [0.717, 1.165) is 10.0 Å². The summed E-state index contributed by atoms with van der Waals surface area (Å²) in [6.07, 6.45) is 1.76. The number of carbonyl (C=O) groups is 1. The van der Waals surface area contributed by atoms with Gasteiger partial charge >= 0.3 is 0 Å². The SMILES string of the molecule is CCOc1cc(/C=C2/C(=O)N(c3cccc(Br)c3)N=C2C)cc(Cl)c1OC. The van der Waals surface area contributed by atoms with Crippen molar-refractivity contribution in [1.82, 2.24) is 0 Å². The molecule has 1 amide bonds. The highest BCUT2D eigenvalue weighted by molar-refractivity contribution is 9.10. The lowest BCUT2D eigenvalue weighted by Gasteiger charge is -2.13. The van der Waals surface area contributed by atoms with Crippen molar-refractivity contribution in [3.8, 4) is 11.5 Å². The Morgan fingerprint density at radius 2 is 2.07 bits per heavy atom. The Balaban J connectivity index is 1.98. The van der Waals surface area contributed by atoms with Crippen LogP contribution in [0.1, 0.15) is 19.4 Å². The van der Waals surface area contributed by atoms with Crippen LogP contribution in [0.5, 0.6) is 11.5 Å². The fraction of sp³-hybridized carbons (Fsp3) is 0.200. The van der Waals surface area contributed by atoms with Gasteiger partial charge in [-0.05, 0) is 55.8 Å². The van der Waals surface area contributed by atoms with Gasteiger partial charge in [-0.1, -0.05) is 33.6 Å². The maximum absolute atomic E-state index is 12.9. The lowest BCUT2D eigenvalue weighted by molar-refractivity contribution is -0.114. The minimum atomic E-state index is -0.199. The molecule has 1 aliphatic heterocycles. The first kappa shape index (κ1) is 19.5. The van der Waals surface area contributed by atoms with Crippen LogP contribution in [0.3, 0.4) is 0 Å². The molecular formula is C20H18BrClN2O3. The van der Waals surface area contributed by atoms with Crippen LogP contribution in [0.4, 0.5) is 5.69 Å². The van der Waals surface area contributed by atoms with Crippen LogP contribution in [-0.2, 0) is 4.79 Å². The van der Waals surface area contributed by atoms with Gasteiger partial charge in [0.15, 0.2) is 11.5 Å². The van der Waals surface area contributed by atoms with E-state index < -0.39 is 0 Å². The first-order valence-corrected chi connectivity index (χ1v) is 9.49. The Bertz CT molecular complexity index is 956. The highest BCUT2D eigenvalue weighted by atomic mass is 79.9. The second kappa shape index (κ2) is 8.15. The number of anilines is 1. The number of halogens is 2. The van der Waals surface area contributed by atoms with Gasteiger partial charge < -0.3 is 9.47 Å². The molecule has 2 aromatic carbocycles. The number of hydrogen-bond donors (Lipinski definition) is 0. The predicted octanol–water partition coefficient (Wildman–Crippen LogP) is 5.32. The van der Waals surface area contributed by atoms with Crippen LogP contribution >= 0.6 is 27.5 Å². The van der Waals surface area contributed by atoms with Gasteiger partial charge in [-0.25, -0.2) is 0 Å². The number of hydrazone groups is 1. The summed E-state index contributed by atoms with van der Waals surface area (Å²) in [5, 5.41) is 6.20. The Morgan fingerprint density at radius 1 is 1.30 bits per heavy atom. The van der Waals surface area contributed by atoms with Gasteiger partial charge in [0, 0.05) is 4.47 Å². The Labute approximate surface area is 171 Å². The number of methoxy groups -OCH3 is 1. The van der Waals surface area contributed by atoms with Gasteiger partial charge in [0.25, 0.3) is 5.91 Å². The first-order chi connectivity index (χ1) is 12.9. The van der Waals surface area contributed by atoms with Crippen molar-refractivity contribution in [2.75, 3.05) is 18.7 Å². The summed E-state index contributed by atoms with van der Waals surface area (Å²) in [4.78, 5) is 12.9. The van der Waals surface area contributed by atoms with Crippen LogP contribution in [-0.4, -0.2) is 25.3 Å². The third-order valence-electron chi connectivity index (χ3n) is 3.96. The van der Waals surface area contributed by atoms with Crippen LogP contribution in [0.2, 0.25) is 5.02 Å². The third kappa shape index (κ3) is 4.01. The van der Waals surface area contributed by atoms with Gasteiger partial charge in [0.05, 0.1) is 35.7 Å². The molecule has 7 heteroatoms. The summed E-state index contributed by atoms with van der Waals surface area (Å²) in [6, 6.07) is 11.0. The van der Waals surface area contributed by atoms with E-state index >= 15 is 0 Å². The maximum Gasteiger partial charge on any atom is 0.280 e. The molecule has 0 unspecified atom stereocenters. The van der Waals surface area contributed by atoms with Crippen molar-refractivity contribution >= 4 is 50.9 Å². The molecule has 0 aromatic heterocycles. The minimum Gasteiger partial charge on any atom is -0.491 e. The van der Waals surface area contributed by atoms with Gasteiger partial charge in [-0.2, -0.15) is 10.1 Å². The zero-order valence-electron chi connectivity index (χ0n) is 15.1. The Kier molecular flexibility index (Phi) is 5.87. The Morgan fingerprint density at radius 3 is 2.74 bits per heavy atom. The number of hydrogen-bond acceptors (Lipinski definition) is 4. The number of carbonyl (C=O) groups excluding carboxylic acids is 1. The second-order valence-electron chi connectivity index (χ2n) is 5.81. The molecule has 0 saturated heterocycles. The van der Waals surface area contributed by atoms with E-state index in [4.69, 9.17) is 21.1 Å². The molecule has 0 bridgehead atoms. The summed E-state index contributed by atoms with van der Waals surface area (Å²) in [6.45, 7) is 4.16. The van der Waals surface area contributed by atoms with E-state index in [1.807, 2.05) is 31.2 Å². The third-order valence-corrected chi connectivity index (χ3v) is 4.74. The summed E-state index contributed by atoms with van der Waals surface area (Å²) in [5.74, 6) is 0.804. The van der Waals surface area contributed by atoms with Gasteiger partial charge in [0.1, 0.15) is 0 Å². The largest absolute Gasteiger partial charge is 0.491 e. The van der Waals surface area contributed by atoms with E-state index in [2.05, 4.69) is 21.0 Å². The second-order valence-corrected chi connectivity index (χ2v) is 7.13. The van der Waals surface area contributed by atoms with Crippen molar-refractivity contribution < 1.29 is 14.3 Å². The van der Waals surface area contributed by atoms with E-state index in [1.54, 1.807) is 25.1 Å². The molecule has 0 N–H and O–H groups in total. The average Bonchev–Trinajstić information content (AvgIpc) is 2.90. The molecular weight excluding hydrogens is 432 g/mol. The molecule has 27 heavy (non-hydrogen) atoms. The van der Waals surface area contributed by atoms with E-state index in [0.29, 0.717) is 40.1 Å². The molecule has 5 nitrogen and oxygen atoms in total. The monoisotopic (exact) mass is 448 g/mol. The molecule has 0 aliphatic carbocycles. The summed E-state index contributed by atoms with van der Waals surface area (Å²) in [5.41, 5.74) is 2.56. The fourth-order valence-electron chi connectivity index (χ4n) is 2.77. The van der Waals surface area contributed by atoms with Crippen molar-refractivity contribution in [3.05, 3.63) is 57.0 Å². The number of rotatable bonds is 5. The first-order valence-electron chi connectivity index (χ1n) is 8.32. The standard InChI is InChI=1S/C20H18BrClN2O3/c1-4-27-18-10-13(9-17(22)19(18)26-3)8-16-12(2)23-24(20(16)25)15-7-5-6-14(21)11-15/h5-11H,4H2,1-3H3/b16-8+. The molecule has 140 valence electrons. The molecule has 0 fully saturated rings. The molecule has 3 rings (SSSR count). The minimum absolute atomic E-state index is 0.199. The number of ether oxygens (including phenoxy) is 2. The van der Waals surface area contributed by atoms with Crippen molar-refractivity contribution in [2.24, 2.45) is 5.10 Å². The normalized spacial score (nSPS) is 15.3. The number of benzene rings is 2. The molecule has 2 aromatic rings. The van der Waals surface area contributed by atoms with Crippen LogP contribution in [0, 0.1) is 0 Å². The van der Waals surface area contributed by atoms with Crippen molar-refractivity contribution in [3.63, 3.8) is 0 Å². The van der Waals surface area contributed by atoms with E-state index in [9.17, 15) is 4.79 Å². The summed E-state index contributed by atoms with van der Waals surface area (Å²) >= 11 is 9.72. The van der Waals surface area contributed by atoms with Crippen LogP contribution in [0.25, 0.3) is 6.08 Å². The lowest BCUT2D eigenvalue weighted by Crippen LogP contribution is -2.21. The fourth-order valence-corrected chi connectivity index (χ4v) is 3.45. The topological polar surface area (TPSA) is 51.1 Å². The van der Waals surface area contributed by atoms with Crippen molar-refractivity contribution in [2.45, 2.75) is 13.8 Å². The lowest BCUT2D eigenvalue weighted by atomic mass is 10.1. The Hall–Kier alpha value is -2.31. The zero-order valence-corrected chi connectivity index (χ0v) is 17.5. The summed E-state index contributed by atoms with van der Waals surface area (Å²) < 4.78 is 11.8.